The van der Waals surface area contributed by atoms with Crippen LogP contribution in [0.1, 0.15) is 24.1 Å². The molecule has 1 unspecified atom stereocenters. The summed E-state index contributed by atoms with van der Waals surface area (Å²) in [6.45, 7) is 2.77. The molecule has 0 radical (unpaired) electrons. The van der Waals surface area contributed by atoms with E-state index < -0.39 is 0 Å². The Morgan fingerprint density at radius 1 is 1.30 bits per heavy atom. The van der Waals surface area contributed by atoms with Gasteiger partial charge in [-0.15, -0.1) is 0 Å². The van der Waals surface area contributed by atoms with Crippen molar-refractivity contribution in [3.8, 4) is 5.75 Å². The van der Waals surface area contributed by atoms with E-state index in [-0.39, 0.29) is 11.9 Å². The van der Waals surface area contributed by atoms with Crippen LogP contribution in [-0.4, -0.2) is 6.61 Å². The lowest BCUT2D eigenvalue weighted by Crippen LogP contribution is -2.08. The number of rotatable bonds is 3. The van der Waals surface area contributed by atoms with E-state index in [1.807, 2.05) is 25.1 Å². The van der Waals surface area contributed by atoms with Gasteiger partial charge in [0.1, 0.15) is 11.6 Å². The summed E-state index contributed by atoms with van der Waals surface area (Å²) in [7, 11) is 0. The number of hydrogen-bond donors (Lipinski definition) is 1. The summed E-state index contributed by atoms with van der Waals surface area (Å²) >= 11 is 3.38. The Labute approximate surface area is 126 Å². The number of para-hydroxylation sites is 1. The van der Waals surface area contributed by atoms with Crippen LogP contribution in [0.3, 0.4) is 0 Å². The molecule has 1 N–H and O–H groups in total. The normalized spacial score (nSPS) is 14.6. The third-order valence-corrected chi connectivity index (χ3v) is 4.20. The maximum Gasteiger partial charge on any atom is 0.147 e. The first-order valence-corrected chi connectivity index (χ1v) is 7.40. The zero-order valence-corrected chi connectivity index (χ0v) is 12.7. The van der Waals surface area contributed by atoms with Crippen LogP contribution in [0.4, 0.5) is 10.1 Å². The van der Waals surface area contributed by atoms with Gasteiger partial charge in [-0.25, -0.2) is 4.39 Å². The van der Waals surface area contributed by atoms with Gasteiger partial charge in [0.05, 0.1) is 12.3 Å². The number of halogens is 2. The molecule has 1 aliphatic rings. The van der Waals surface area contributed by atoms with Crippen LogP contribution in [0.15, 0.2) is 40.9 Å². The van der Waals surface area contributed by atoms with E-state index in [2.05, 4.69) is 27.3 Å². The molecule has 2 nitrogen and oxygen atoms in total. The molecule has 3 rings (SSSR count). The second-order valence-corrected chi connectivity index (χ2v) is 5.78. The number of nitrogens with one attached hydrogen (secondary N) is 1. The molecule has 0 bridgehead atoms. The van der Waals surface area contributed by atoms with Gasteiger partial charge in [0.25, 0.3) is 0 Å². The van der Waals surface area contributed by atoms with Gasteiger partial charge in [0.2, 0.25) is 0 Å². The topological polar surface area (TPSA) is 21.3 Å². The summed E-state index contributed by atoms with van der Waals surface area (Å²) in [6.07, 6.45) is 0.944. The van der Waals surface area contributed by atoms with Crippen LogP contribution in [0, 0.1) is 5.82 Å². The Hall–Kier alpha value is -1.55. The molecule has 1 aliphatic heterocycles. The smallest absolute Gasteiger partial charge is 0.147 e. The number of hydrogen-bond acceptors (Lipinski definition) is 2. The number of fused-ring (bicyclic) bond motifs is 1. The lowest BCUT2D eigenvalue weighted by atomic mass is 10.0. The minimum atomic E-state index is -0.254. The molecule has 4 heteroatoms. The minimum Gasteiger partial charge on any atom is -0.493 e. The first-order valence-electron chi connectivity index (χ1n) is 6.61. The van der Waals surface area contributed by atoms with Crippen LogP contribution >= 0.6 is 15.9 Å². The van der Waals surface area contributed by atoms with E-state index >= 15 is 0 Å². The molecule has 2 aromatic rings. The van der Waals surface area contributed by atoms with Gasteiger partial charge in [-0.2, -0.15) is 0 Å². The van der Waals surface area contributed by atoms with E-state index in [1.165, 1.54) is 11.6 Å². The molecule has 20 heavy (non-hydrogen) atoms. The molecule has 0 fully saturated rings. The molecule has 0 aromatic heterocycles. The molecule has 0 saturated heterocycles. The third kappa shape index (κ3) is 2.52. The van der Waals surface area contributed by atoms with Crippen molar-refractivity contribution in [3.05, 3.63) is 57.8 Å². The zero-order chi connectivity index (χ0) is 14.1. The quantitative estimate of drug-likeness (QED) is 0.877. The van der Waals surface area contributed by atoms with Crippen molar-refractivity contribution in [2.75, 3.05) is 11.9 Å². The first-order chi connectivity index (χ1) is 9.65. The van der Waals surface area contributed by atoms with E-state index in [1.54, 1.807) is 6.07 Å². The third-order valence-electron chi connectivity index (χ3n) is 3.54. The molecule has 0 amide bonds. The van der Waals surface area contributed by atoms with Crippen molar-refractivity contribution in [1.82, 2.24) is 0 Å². The van der Waals surface area contributed by atoms with Gasteiger partial charge in [0, 0.05) is 16.9 Å². The van der Waals surface area contributed by atoms with E-state index in [0.29, 0.717) is 5.69 Å². The van der Waals surface area contributed by atoms with Gasteiger partial charge in [-0.05, 0) is 58.2 Å². The standard InChI is InChI=1S/C16H15BrFNO/c1-10(19-16-13(17)3-2-4-14(16)18)11-5-6-15-12(9-11)7-8-20-15/h2-6,9-10,19H,7-8H2,1H3. The summed E-state index contributed by atoms with van der Waals surface area (Å²) in [6, 6.07) is 11.1. The molecular formula is C16H15BrFNO. The summed E-state index contributed by atoms with van der Waals surface area (Å²) in [5.74, 6) is 0.712. The number of ether oxygens (including phenoxy) is 1. The molecular weight excluding hydrogens is 321 g/mol. The predicted molar refractivity (Wildman–Crippen MR) is 81.8 cm³/mol. The van der Waals surface area contributed by atoms with E-state index in [9.17, 15) is 4.39 Å². The van der Waals surface area contributed by atoms with E-state index in [4.69, 9.17) is 4.74 Å². The summed E-state index contributed by atoms with van der Waals surface area (Å²) < 4.78 is 20.1. The van der Waals surface area contributed by atoms with Gasteiger partial charge < -0.3 is 10.1 Å². The first kappa shape index (κ1) is 13.4. The van der Waals surface area contributed by atoms with E-state index in [0.717, 1.165) is 28.8 Å². The van der Waals surface area contributed by atoms with Crippen molar-refractivity contribution in [2.45, 2.75) is 19.4 Å². The molecule has 2 aromatic carbocycles. The average Bonchev–Trinajstić information content (AvgIpc) is 2.90. The highest BCUT2D eigenvalue weighted by Gasteiger charge is 2.16. The SMILES string of the molecule is CC(Nc1c(F)cccc1Br)c1ccc2c(c1)CCO2. The number of anilines is 1. The van der Waals surface area contributed by atoms with Crippen molar-refractivity contribution >= 4 is 21.6 Å². The zero-order valence-electron chi connectivity index (χ0n) is 11.1. The largest absolute Gasteiger partial charge is 0.493 e. The molecule has 1 atom stereocenters. The Morgan fingerprint density at radius 2 is 2.15 bits per heavy atom. The van der Waals surface area contributed by atoms with Crippen LogP contribution in [0.2, 0.25) is 0 Å². The minimum absolute atomic E-state index is 0.0223. The maximum absolute atomic E-state index is 13.8. The summed E-state index contributed by atoms with van der Waals surface area (Å²) in [4.78, 5) is 0. The fraction of sp³-hybridized carbons (Fsp3) is 0.250. The van der Waals surface area contributed by atoms with Crippen LogP contribution in [-0.2, 0) is 6.42 Å². The fourth-order valence-electron chi connectivity index (χ4n) is 2.41. The Morgan fingerprint density at radius 3 is 2.95 bits per heavy atom. The van der Waals surface area contributed by atoms with Crippen molar-refractivity contribution < 1.29 is 9.13 Å². The summed E-state index contributed by atoms with van der Waals surface area (Å²) in [5.41, 5.74) is 2.85. The lowest BCUT2D eigenvalue weighted by Gasteiger charge is -2.18. The molecule has 0 aliphatic carbocycles. The lowest BCUT2D eigenvalue weighted by molar-refractivity contribution is 0.357. The van der Waals surface area contributed by atoms with Crippen LogP contribution < -0.4 is 10.1 Å². The monoisotopic (exact) mass is 335 g/mol. The fourth-order valence-corrected chi connectivity index (χ4v) is 2.87. The highest BCUT2D eigenvalue weighted by molar-refractivity contribution is 9.10. The molecule has 0 saturated carbocycles. The predicted octanol–water partition coefficient (Wildman–Crippen LogP) is 4.70. The van der Waals surface area contributed by atoms with Gasteiger partial charge in [-0.3, -0.25) is 0 Å². The van der Waals surface area contributed by atoms with Crippen LogP contribution in [0.25, 0.3) is 0 Å². The van der Waals surface area contributed by atoms with Gasteiger partial charge >= 0.3 is 0 Å². The maximum atomic E-state index is 13.8. The van der Waals surface area contributed by atoms with Crippen molar-refractivity contribution in [3.63, 3.8) is 0 Å². The Kier molecular flexibility index (Phi) is 3.66. The highest BCUT2D eigenvalue weighted by Crippen LogP contribution is 2.32. The second-order valence-electron chi connectivity index (χ2n) is 4.93. The number of benzene rings is 2. The molecule has 0 spiro atoms. The van der Waals surface area contributed by atoms with Gasteiger partial charge in [-0.1, -0.05) is 12.1 Å². The van der Waals surface area contributed by atoms with Crippen molar-refractivity contribution in [1.29, 1.82) is 0 Å². The molecule has 104 valence electrons. The Balaban J connectivity index is 1.84. The van der Waals surface area contributed by atoms with Gasteiger partial charge in [0.15, 0.2) is 0 Å². The molecule has 1 heterocycles. The summed E-state index contributed by atoms with van der Waals surface area (Å²) in [5, 5.41) is 3.22. The van der Waals surface area contributed by atoms with Crippen molar-refractivity contribution in [2.24, 2.45) is 0 Å². The second kappa shape index (κ2) is 5.44. The Bertz CT molecular complexity index is 624. The highest BCUT2D eigenvalue weighted by atomic mass is 79.9. The average molecular weight is 336 g/mol. The van der Waals surface area contributed by atoms with Crippen LogP contribution in [0.5, 0.6) is 5.75 Å².